The molecule has 0 radical (unpaired) electrons. The van der Waals surface area contributed by atoms with Crippen molar-refractivity contribution in [3.8, 4) is 0 Å². The fourth-order valence-electron chi connectivity index (χ4n) is 2.26. The van der Waals surface area contributed by atoms with Gasteiger partial charge in [-0.05, 0) is 62.0 Å². The number of nitrogens with one attached hydrogen (secondary N) is 1. The fraction of sp³-hybridized carbons (Fsp3) is 0.333. The van der Waals surface area contributed by atoms with E-state index in [4.69, 9.17) is 0 Å². The average molecular weight is 332 g/mol. The van der Waals surface area contributed by atoms with Crippen molar-refractivity contribution >= 4 is 15.9 Å². The van der Waals surface area contributed by atoms with Crippen LogP contribution in [0.15, 0.2) is 59.1 Å². The SMILES string of the molecule is Brc1ccc(CCCNCCCc2ccccc2)cc1. The summed E-state index contributed by atoms with van der Waals surface area (Å²) in [5, 5.41) is 3.53. The second-order valence-electron chi connectivity index (χ2n) is 5.07. The lowest BCUT2D eigenvalue weighted by atomic mass is 10.1. The molecule has 0 fully saturated rings. The van der Waals surface area contributed by atoms with Gasteiger partial charge >= 0.3 is 0 Å². The van der Waals surface area contributed by atoms with E-state index in [1.165, 1.54) is 30.4 Å². The van der Waals surface area contributed by atoms with E-state index >= 15 is 0 Å². The highest BCUT2D eigenvalue weighted by Gasteiger charge is 1.95. The van der Waals surface area contributed by atoms with E-state index in [9.17, 15) is 0 Å². The zero-order valence-electron chi connectivity index (χ0n) is 11.8. The van der Waals surface area contributed by atoms with Crippen LogP contribution in [-0.2, 0) is 12.8 Å². The standard InChI is InChI=1S/C18H22BrN/c19-18-12-10-17(11-13-18)9-5-15-20-14-4-8-16-6-2-1-3-7-16/h1-3,6-7,10-13,20H,4-5,8-9,14-15H2. The van der Waals surface area contributed by atoms with Crippen molar-refractivity contribution < 1.29 is 0 Å². The maximum absolute atomic E-state index is 3.53. The summed E-state index contributed by atoms with van der Waals surface area (Å²) < 4.78 is 1.15. The number of rotatable bonds is 8. The molecule has 106 valence electrons. The third kappa shape index (κ3) is 5.89. The van der Waals surface area contributed by atoms with Crippen molar-refractivity contribution in [1.82, 2.24) is 5.32 Å². The van der Waals surface area contributed by atoms with Crippen LogP contribution in [0.2, 0.25) is 0 Å². The molecule has 0 amide bonds. The second kappa shape index (κ2) is 8.93. The van der Waals surface area contributed by atoms with Gasteiger partial charge in [0.15, 0.2) is 0 Å². The van der Waals surface area contributed by atoms with Gasteiger partial charge in [0.2, 0.25) is 0 Å². The highest BCUT2D eigenvalue weighted by Crippen LogP contribution is 2.11. The summed E-state index contributed by atoms with van der Waals surface area (Å²) in [5.74, 6) is 0. The molecule has 2 aromatic carbocycles. The molecular weight excluding hydrogens is 310 g/mol. The molecule has 0 aliphatic carbocycles. The number of aryl methyl sites for hydroxylation is 2. The Bertz CT molecular complexity index is 479. The lowest BCUT2D eigenvalue weighted by molar-refractivity contribution is 0.622. The van der Waals surface area contributed by atoms with Crippen LogP contribution in [0.5, 0.6) is 0 Å². The van der Waals surface area contributed by atoms with E-state index in [0.29, 0.717) is 0 Å². The van der Waals surface area contributed by atoms with Crippen LogP contribution in [0.1, 0.15) is 24.0 Å². The van der Waals surface area contributed by atoms with Crippen molar-refractivity contribution in [2.24, 2.45) is 0 Å². The van der Waals surface area contributed by atoms with Crippen LogP contribution in [-0.4, -0.2) is 13.1 Å². The van der Waals surface area contributed by atoms with Gasteiger partial charge in [0, 0.05) is 4.47 Å². The Morgan fingerprint density at radius 1 is 0.700 bits per heavy atom. The molecular formula is C18H22BrN. The zero-order valence-corrected chi connectivity index (χ0v) is 13.4. The monoisotopic (exact) mass is 331 g/mol. The van der Waals surface area contributed by atoms with Crippen molar-refractivity contribution in [3.05, 3.63) is 70.2 Å². The number of benzene rings is 2. The Hall–Kier alpha value is -1.12. The second-order valence-corrected chi connectivity index (χ2v) is 5.98. The van der Waals surface area contributed by atoms with Crippen molar-refractivity contribution in [2.45, 2.75) is 25.7 Å². The minimum Gasteiger partial charge on any atom is -0.317 e. The average Bonchev–Trinajstić information content (AvgIpc) is 2.49. The summed E-state index contributed by atoms with van der Waals surface area (Å²) in [6.07, 6.45) is 4.73. The first-order valence-corrected chi connectivity index (χ1v) is 8.13. The molecule has 2 aromatic rings. The zero-order chi connectivity index (χ0) is 14.0. The molecule has 0 atom stereocenters. The van der Waals surface area contributed by atoms with E-state index in [0.717, 1.165) is 24.0 Å². The molecule has 0 aliphatic heterocycles. The molecule has 1 nitrogen and oxygen atoms in total. The first-order valence-electron chi connectivity index (χ1n) is 7.34. The number of hydrogen-bond donors (Lipinski definition) is 1. The molecule has 0 aromatic heterocycles. The van der Waals surface area contributed by atoms with E-state index < -0.39 is 0 Å². The predicted octanol–water partition coefficient (Wildman–Crippen LogP) is 4.60. The van der Waals surface area contributed by atoms with E-state index in [1.807, 2.05) is 0 Å². The van der Waals surface area contributed by atoms with E-state index in [-0.39, 0.29) is 0 Å². The van der Waals surface area contributed by atoms with Crippen molar-refractivity contribution in [2.75, 3.05) is 13.1 Å². The van der Waals surface area contributed by atoms with Crippen LogP contribution < -0.4 is 5.32 Å². The minimum absolute atomic E-state index is 1.10. The van der Waals surface area contributed by atoms with Crippen LogP contribution in [0.4, 0.5) is 0 Å². The van der Waals surface area contributed by atoms with Crippen LogP contribution in [0, 0.1) is 0 Å². The summed E-state index contributed by atoms with van der Waals surface area (Å²) in [4.78, 5) is 0. The Balaban J connectivity index is 1.51. The minimum atomic E-state index is 1.10. The molecule has 0 spiro atoms. The molecule has 0 heterocycles. The van der Waals surface area contributed by atoms with Gasteiger partial charge in [-0.15, -0.1) is 0 Å². The van der Waals surface area contributed by atoms with Gasteiger partial charge < -0.3 is 5.32 Å². The Morgan fingerprint density at radius 3 is 1.85 bits per heavy atom. The molecule has 20 heavy (non-hydrogen) atoms. The van der Waals surface area contributed by atoms with Gasteiger partial charge in [0.05, 0.1) is 0 Å². The lowest BCUT2D eigenvalue weighted by Crippen LogP contribution is -2.17. The molecule has 2 rings (SSSR count). The van der Waals surface area contributed by atoms with Gasteiger partial charge in [-0.1, -0.05) is 58.4 Å². The van der Waals surface area contributed by atoms with E-state index in [2.05, 4.69) is 75.8 Å². The molecule has 0 saturated carbocycles. The molecule has 0 saturated heterocycles. The summed E-state index contributed by atoms with van der Waals surface area (Å²) in [6, 6.07) is 19.3. The van der Waals surface area contributed by atoms with Gasteiger partial charge in [0.25, 0.3) is 0 Å². The maximum Gasteiger partial charge on any atom is 0.0175 e. The molecule has 0 bridgehead atoms. The number of halogens is 1. The molecule has 0 unspecified atom stereocenters. The maximum atomic E-state index is 3.53. The van der Waals surface area contributed by atoms with E-state index in [1.54, 1.807) is 0 Å². The quantitative estimate of drug-likeness (QED) is 0.697. The van der Waals surface area contributed by atoms with Crippen LogP contribution >= 0.6 is 15.9 Å². The summed E-state index contributed by atoms with van der Waals surface area (Å²) in [6.45, 7) is 2.21. The molecule has 1 N–H and O–H groups in total. The highest BCUT2D eigenvalue weighted by molar-refractivity contribution is 9.10. The molecule has 2 heteroatoms. The first-order chi connectivity index (χ1) is 9.84. The largest absolute Gasteiger partial charge is 0.317 e. The summed E-state index contributed by atoms with van der Waals surface area (Å²) >= 11 is 3.46. The fourth-order valence-corrected chi connectivity index (χ4v) is 2.52. The Labute approximate surface area is 130 Å². The third-order valence-electron chi connectivity index (χ3n) is 3.39. The van der Waals surface area contributed by atoms with Gasteiger partial charge in [0.1, 0.15) is 0 Å². The number of hydrogen-bond acceptors (Lipinski definition) is 1. The van der Waals surface area contributed by atoms with Crippen molar-refractivity contribution in [3.63, 3.8) is 0 Å². The molecule has 0 aliphatic rings. The Morgan fingerprint density at radius 2 is 1.25 bits per heavy atom. The van der Waals surface area contributed by atoms with Gasteiger partial charge in [-0.2, -0.15) is 0 Å². The third-order valence-corrected chi connectivity index (χ3v) is 3.92. The highest BCUT2D eigenvalue weighted by atomic mass is 79.9. The van der Waals surface area contributed by atoms with Crippen molar-refractivity contribution in [1.29, 1.82) is 0 Å². The van der Waals surface area contributed by atoms with Gasteiger partial charge in [-0.3, -0.25) is 0 Å². The summed E-state index contributed by atoms with van der Waals surface area (Å²) in [7, 11) is 0. The lowest BCUT2D eigenvalue weighted by Gasteiger charge is -2.05. The smallest absolute Gasteiger partial charge is 0.0175 e. The normalized spacial score (nSPS) is 10.7. The van der Waals surface area contributed by atoms with Crippen LogP contribution in [0.25, 0.3) is 0 Å². The first kappa shape index (κ1) is 15.3. The summed E-state index contributed by atoms with van der Waals surface area (Å²) in [5.41, 5.74) is 2.85. The topological polar surface area (TPSA) is 12.0 Å². The predicted molar refractivity (Wildman–Crippen MR) is 90.1 cm³/mol. The van der Waals surface area contributed by atoms with Crippen LogP contribution in [0.3, 0.4) is 0 Å². The Kier molecular flexibility index (Phi) is 6.82. The van der Waals surface area contributed by atoms with Gasteiger partial charge in [-0.25, -0.2) is 0 Å².